The molecule has 2 rings (SSSR count). The van der Waals surface area contributed by atoms with Crippen LogP contribution < -0.4 is 4.74 Å². The Morgan fingerprint density at radius 2 is 2.35 bits per heavy atom. The molecule has 4 heteroatoms. The smallest absolute Gasteiger partial charge is 0.306 e. The predicted octanol–water partition coefficient (Wildman–Crippen LogP) is 3.04. The number of halogens is 1. The van der Waals surface area contributed by atoms with Crippen molar-refractivity contribution in [2.75, 3.05) is 6.61 Å². The van der Waals surface area contributed by atoms with Crippen LogP contribution >= 0.6 is 15.9 Å². The van der Waals surface area contributed by atoms with Crippen molar-refractivity contribution in [2.45, 2.75) is 26.2 Å². The highest BCUT2D eigenvalue weighted by Gasteiger charge is 2.19. The van der Waals surface area contributed by atoms with Crippen LogP contribution in [0.25, 0.3) is 0 Å². The second kappa shape index (κ2) is 5.08. The molecular formula is C13H15BrO3. The fraction of sp³-hybridized carbons (Fsp3) is 0.462. The van der Waals surface area contributed by atoms with Crippen LogP contribution in [0.4, 0.5) is 0 Å². The molecule has 92 valence electrons. The van der Waals surface area contributed by atoms with Crippen LogP contribution in [0.2, 0.25) is 0 Å². The van der Waals surface area contributed by atoms with Crippen LogP contribution in [0.15, 0.2) is 16.6 Å². The Balaban J connectivity index is 2.13. The van der Waals surface area contributed by atoms with Gasteiger partial charge >= 0.3 is 5.97 Å². The first kappa shape index (κ1) is 12.4. The molecule has 0 amide bonds. The summed E-state index contributed by atoms with van der Waals surface area (Å²) in [6, 6.07) is 4.10. The van der Waals surface area contributed by atoms with Gasteiger partial charge in [-0.1, -0.05) is 22.9 Å². The van der Waals surface area contributed by atoms with E-state index < -0.39 is 5.97 Å². The van der Waals surface area contributed by atoms with Gasteiger partial charge in [0.05, 0.1) is 12.5 Å². The Hall–Kier alpha value is -1.03. The summed E-state index contributed by atoms with van der Waals surface area (Å²) >= 11 is 3.48. The van der Waals surface area contributed by atoms with Gasteiger partial charge in [0.1, 0.15) is 5.75 Å². The normalized spacial score (nSPS) is 15.2. The fourth-order valence-corrected chi connectivity index (χ4v) is 2.58. The van der Waals surface area contributed by atoms with E-state index in [4.69, 9.17) is 9.84 Å². The van der Waals surface area contributed by atoms with Crippen molar-refractivity contribution in [2.24, 2.45) is 5.92 Å². The lowest BCUT2D eigenvalue weighted by Gasteiger charge is -2.10. The Labute approximate surface area is 109 Å². The number of aryl methyl sites for hydroxylation is 1. The van der Waals surface area contributed by atoms with Gasteiger partial charge in [-0.2, -0.15) is 0 Å². The lowest BCUT2D eigenvalue weighted by Crippen LogP contribution is -2.10. The third kappa shape index (κ3) is 2.80. The van der Waals surface area contributed by atoms with Gasteiger partial charge in [0, 0.05) is 10.9 Å². The number of benzene rings is 1. The second-order valence-electron chi connectivity index (χ2n) is 4.43. The number of rotatable bonds is 4. The number of fused-ring (bicyclic) bond motifs is 1. The van der Waals surface area contributed by atoms with E-state index in [-0.39, 0.29) is 5.92 Å². The van der Waals surface area contributed by atoms with Crippen molar-refractivity contribution in [3.8, 4) is 5.75 Å². The van der Waals surface area contributed by atoms with Crippen LogP contribution in [0.1, 0.15) is 24.5 Å². The highest BCUT2D eigenvalue weighted by Crippen LogP contribution is 2.34. The van der Waals surface area contributed by atoms with E-state index in [1.54, 1.807) is 6.92 Å². The molecule has 0 aromatic heterocycles. The van der Waals surface area contributed by atoms with E-state index in [1.807, 2.05) is 6.07 Å². The first-order valence-electron chi connectivity index (χ1n) is 5.75. The Kier molecular flexibility index (Phi) is 3.72. The van der Waals surface area contributed by atoms with Crippen molar-refractivity contribution < 1.29 is 14.6 Å². The summed E-state index contributed by atoms with van der Waals surface area (Å²) in [7, 11) is 0. The van der Waals surface area contributed by atoms with Crippen LogP contribution in [0, 0.1) is 5.92 Å². The standard InChI is InChI=1S/C13H15BrO3/c1-8(13(15)16)2-3-9-6-11(14)7-10-4-5-17-12(9)10/h6-8H,2-5H2,1H3,(H,15,16). The van der Waals surface area contributed by atoms with Crippen molar-refractivity contribution in [1.82, 2.24) is 0 Å². The highest BCUT2D eigenvalue weighted by atomic mass is 79.9. The SMILES string of the molecule is CC(CCc1cc(Br)cc2c1OCC2)C(=O)O. The first-order valence-corrected chi connectivity index (χ1v) is 6.54. The van der Waals surface area contributed by atoms with Gasteiger partial charge in [0.2, 0.25) is 0 Å². The maximum atomic E-state index is 10.8. The zero-order valence-corrected chi connectivity index (χ0v) is 11.3. The number of carboxylic acid groups (broad SMARTS) is 1. The number of carbonyl (C=O) groups is 1. The van der Waals surface area contributed by atoms with Crippen LogP contribution in [-0.4, -0.2) is 17.7 Å². The lowest BCUT2D eigenvalue weighted by molar-refractivity contribution is -0.141. The molecular weight excluding hydrogens is 284 g/mol. The first-order chi connectivity index (χ1) is 8.08. The quantitative estimate of drug-likeness (QED) is 0.929. The van der Waals surface area contributed by atoms with E-state index in [9.17, 15) is 4.79 Å². The van der Waals surface area contributed by atoms with Crippen LogP contribution in [-0.2, 0) is 17.6 Å². The Morgan fingerprint density at radius 1 is 1.59 bits per heavy atom. The van der Waals surface area contributed by atoms with E-state index >= 15 is 0 Å². The zero-order valence-electron chi connectivity index (χ0n) is 9.70. The molecule has 1 heterocycles. The molecule has 1 atom stereocenters. The van der Waals surface area contributed by atoms with E-state index in [2.05, 4.69) is 22.0 Å². The largest absolute Gasteiger partial charge is 0.493 e. The zero-order chi connectivity index (χ0) is 12.4. The van der Waals surface area contributed by atoms with Gasteiger partial charge in [0.25, 0.3) is 0 Å². The molecule has 1 unspecified atom stereocenters. The summed E-state index contributed by atoms with van der Waals surface area (Å²) in [5.74, 6) is -0.0885. The highest BCUT2D eigenvalue weighted by molar-refractivity contribution is 9.10. The summed E-state index contributed by atoms with van der Waals surface area (Å²) in [6.07, 6.45) is 2.33. The van der Waals surface area contributed by atoms with E-state index in [0.29, 0.717) is 6.42 Å². The minimum Gasteiger partial charge on any atom is -0.493 e. The summed E-state index contributed by atoms with van der Waals surface area (Å²) < 4.78 is 6.65. The number of carboxylic acids is 1. The van der Waals surface area contributed by atoms with Crippen LogP contribution in [0.5, 0.6) is 5.75 Å². The maximum absolute atomic E-state index is 10.8. The number of ether oxygens (including phenoxy) is 1. The molecule has 1 aliphatic rings. The maximum Gasteiger partial charge on any atom is 0.306 e. The van der Waals surface area contributed by atoms with E-state index in [0.717, 1.165) is 35.2 Å². The molecule has 0 spiro atoms. The van der Waals surface area contributed by atoms with Gasteiger partial charge in [0.15, 0.2) is 0 Å². The molecule has 3 nitrogen and oxygen atoms in total. The topological polar surface area (TPSA) is 46.5 Å². The molecule has 0 radical (unpaired) electrons. The minimum absolute atomic E-state index is 0.314. The number of hydrogen-bond donors (Lipinski definition) is 1. The van der Waals surface area contributed by atoms with Crippen molar-refractivity contribution in [3.05, 3.63) is 27.7 Å². The minimum atomic E-state index is -0.738. The third-order valence-corrected chi connectivity index (χ3v) is 3.55. The van der Waals surface area contributed by atoms with Gasteiger partial charge in [-0.25, -0.2) is 0 Å². The molecule has 1 aromatic rings. The molecule has 0 fully saturated rings. The molecule has 17 heavy (non-hydrogen) atoms. The summed E-state index contributed by atoms with van der Waals surface area (Å²) in [5.41, 5.74) is 2.33. The predicted molar refractivity (Wildman–Crippen MR) is 68.5 cm³/mol. The average Bonchev–Trinajstić information content (AvgIpc) is 2.72. The molecule has 0 saturated carbocycles. The fourth-order valence-electron chi connectivity index (χ4n) is 2.03. The van der Waals surface area contributed by atoms with Crippen molar-refractivity contribution >= 4 is 21.9 Å². The third-order valence-electron chi connectivity index (χ3n) is 3.09. The molecule has 1 aliphatic heterocycles. The average molecular weight is 299 g/mol. The lowest BCUT2D eigenvalue weighted by atomic mass is 9.99. The Bertz CT molecular complexity index is 443. The van der Waals surface area contributed by atoms with Crippen LogP contribution in [0.3, 0.4) is 0 Å². The van der Waals surface area contributed by atoms with Gasteiger partial charge in [-0.05, 0) is 36.1 Å². The second-order valence-corrected chi connectivity index (χ2v) is 5.35. The number of hydrogen-bond acceptors (Lipinski definition) is 2. The van der Waals surface area contributed by atoms with Crippen molar-refractivity contribution in [1.29, 1.82) is 0 Å². The molecule has 1 N–H and O–H groups in total. The summed E-state index contributed by atoms with van der Waals surface area (Å²) in [5, 5.41) is 8.87. The molecule has 1 aromatic carbocycles. The summed E-state index contributed by atoms with van der Waals surface area (Å²) in [4.78, 5) is 10.8. The summed E-state index contributed by atoms with van der Waals surface area (Å²) in [6.45, 7) is 2.47. The van der Waals surface area contributed by atoms with Gasteiger partial charge in [-0.3, -0.25) is 4.79 Å². The molecule has 0 aliphatic carbocycles. The molecule has 0 saturated heterocycles. The number of aliphatic carboxylic acids is 1. The van der Waals surface area contributed by atoms with Gasteiger partial charge < -0.3 is 9.84 Å². The van der Waals surface area contributed by atoms with Gasteiger partial charge in [-0.15, -0.1) is 0 Å². The monoisotopic (exact) mass is 298 g/mol. The Morgan fingerprint density at radius 3 is 3.06 bits per heavy atom. The van der Waals surface area contributed by atoms with E-state index in [1.165, 1.54) is 5.56 Å². The van der Waals surface area contributed by atoms with Crippen molar-refractivity contribution in [3.63, 3.8) is 0 Å². The molecule has 0 bridgehead atoms.